The number of hydrogen-bond acceptors (Lipinski definition) is 10. The van der Waals surface area contributed by atoms with Crippen molar-refractivity contribution in [1.82, 2.24) is 0 Å². The summed E-state index contributed by atoms with van der Waals surface area (Å²) in [6.45, 7) is 3.38. The van der Waals surface area contributed by atoms with E-state index in [0.29, 0.717) is 6.42 Å². The van der Waals surface area contributed by atoms with E-state index < -0.39 is 49.4 Å². The van der Waals surface area contributed by atoms with Gasteiger partial charge in [0.2, 0.25) is 0 Å². The lowest BCUT2D eigenvalue weighted by atomic mass is 9.99. The number of unbranched alkanes of at least 4 members (excludes halogenated alkanes) is 24. The molecular weight excluding hydrogens is 761 g/mol. The molecule has 60 heavy (non-hydrogen) atoms. The number of carbonyl (C=O) groups is 2. The Labute approximate surface area is 366 Å². The van der Waals surface area contributed by atoms with Crippen LogP contribution >= 0.6 is 0 Å². The normalized spacial score (nSPS) is 20.1. The van der Waals surface area contributed by atoms with Crippen LogP contribution in [0.5, 0.6) is 0 Å². The average molecular weight is 851 g/mol. The lowest BCUT2D eigenvalue weighted by Crippen LogP contribution is -2.59. The number of aliphatic hydroxyl groups excluding tert-OH is 4. The number of ether oxygens (including phenoxy) is 4. The monoisotopic (exact) mass is 851 g/mol. The maximum absolute atomic E-state index is 12.8. The Bertz CT molecular complexity index is 1080. The molecule has 0 aliphatic carbocycles. The molecule has 4 N–H and O–H groups in total. The fourth-order valence-electron chi connectivity index (χ4n) is 7.37. The van der Waals surface area contributed by atoms with Crippen molar-refractivity contribution in [2.45, 2.75) is 250 Å². The van der Waals surface area contributed by atoms with E-state index in [-0.39, 0.29) is 32.0 Å². The Morgan fingerprint density at radius 2 is 0.933 bits per heavy atom. The fourth-order valence-corrected chi connectivity index (χ4v) is 7.37. The second-order valence-electron chi connectivity index (χ2n) is 16.9. The van der Waals surface area contributed by atoms with Crippen molar-refractivity contribution in [3.8, 4) is 0 Å². The Balaban J connectivity index is 2.29. The number of esters is 2. The van der Waals surface area contributed by atoms with Crippen molar-refractivity contribution >= 4 is 11.9 Å². The molecule has 1 saturated heterocycles. The third-order valence-electron chi connectivity index (χ3n) is 11.3. The molecule has 1 aliphatic rings. The summed E-state index contributed by atoms with van der Waals surface area (Å²) in [6.07, 6.45) is 40.1. The van der Waals surface area contributed by atoms with Crippen molar-refractivity contribution in [1.29, 1.82) is 0 Å². The predicted molar refractivity (Wildman–Crippen MR) is 242 cm³/mol. The second kappa shape index (κ2) is 41.0. The molecule has 1 aliphatic heterocycles. The standard InChI is InChI=1S/C50H90O10/c1-3-5-7-9-11-13-15-17-19-20-21-22-23-25-26-28-30-32-34-36-38-45(52)57-41-43(42-58-50-49(56)48(55)47(54)44(40-51)60-50)59-46(53)39-37-35-33-31-29-27-24-18-16-14-12-10-8-6-4-2/h12,14,18,24,29,31,43-44,47-51,54-56H,3-11,13,15-17,19-23,25-28,30,32-42H2,1-2H3/b14-12+,24-18+,31-29+/t43-,44-,47+,48?,49?,50-/m0/s1. The van der Waals surface area contributed by atoms with E-state index >= 15 is 0 Å². The van der Waals surface area contributed by atoms with Gasteiger partial charge in [0.1, 0.15) is 31.0 Å². The van der Waals surface area contributed by atoms with Gasteiger partial charge < -0.3 is 39.4 Å². The third-order valence-corrected chi connectivity index (χ3v) is 11.3. The van der Waals surface area contributed by atoms with Crippen LogP contribution in [0.1, 0.15) is 213 Å². The molecule has 0 radical (unpaired) electrons. The smallest absolute Gasteiger partial charge is 0.306 e. The molecule has 10 heteroatoms. The van der Waals surface area contributed by atoms with Gasteiger partial charge in [-0.1, -0.05) is 185 Å². The minimum absolute atomic E-state index is 0.183. The molecule has 0 amide bonds. The fraction of sp³-hybridized carbons (Fsp3) is 0.840. The zero-order chi connectivity index (χ0) is 43.7. The summed E-state index contributed by atoms with van der Waals surface area (Å²) >= 11 is 0. The van der Waals surface area contributed by atoms with Crippen molar-refractivity contribution < 1.29 is 49.0 Å². The van der Waals surface area contributed by atoms with E-state index in [2.05, 4.69) is 50.3 Å². The van der Waals surface area contributed by atoms with Crippen molar-refractivity contribution in [3.63, 3.8) is 0 Å². The van der Waals surface area contributed by atoms with Gasteiger partial charge >= 0.3 is 11.9 Å². The first-order valence-corrected chi connectivity index (χ1v) is 24.6. The highest BCUT2D eigenvalue weighted by molar-refractivity contribution is 5.70. The van der Waals surface area contributed by atoms with Gasteiger partial charge in [-0.3, -0.25) is 9.59 Å². The zero-order valence-electron chi connectivity index (χ0n) is 38.2. The van der Waals surface area contributed by atoms with Gasteiger partial charge in [-0.15, -0.1) is 0 Å². The largest absolute Gasteiger partial charge is 0.462 e. The number of allylic oxidation sites excluding steroid dienone is 6. The van der Waals surface area contributed by atoms with Crippen molar-refractivity contribution in [2.24, 2.45) is 0 Å². The van der Waals surface area contributed by atoms with Crippen LogP contribution < -0.4 is 0 Å². The van der Waals surface area contributed by atoms with E-state index in [4.69, 9.17) is 18.9 Å². The lowest BCUT2D eigenvalue weighted by Gasteiger charge is -2.39. The third kappa shape index (κ3) is 31.7. The Morgan fingerprint density at radius 1 is 0.517 bits per heavy atom. The number of rotatable bonds is 41. The summed E-state index contributed by atoms with van der Waals surface area (Å²) in [4.78, 5) is 25.4. The van der Waals surface area contributed by atoms with E-state index in [0.717, 1.165) is 51.4 Å². The lowest BCUT2D eigenvalue weighted by molar-refractivity contribution is -0.305. The second-order valence-corrected chi connectivity index (χ2v) is 16.9. The Hall–Kier alpha value is -2.08. The summed E-state index contributed by atoms with van der Waals surface area (Å²) in [5.74, 6) is -0.844. The maximum atomic E-state index is 12.8. The molecule has 0 bridgehead atoms. The van der Waals surface area contributed by atoms with E-state index in [1.165, 1.54) is 128 Å². The van der Waals surface area contributed by atoms with Crippen LogP contribution in [0.15, 0.2) is 36.5 Å². The first-order chi connectivity index (χ1) is 29.3. The van der Waals surface area contributed by atoms with Crippen molar-refractivity contribution in [3.05, 3.63) is 36.5 Å². The quantitative estimate of drug-likeness (QED) is 0.0266. The van der Waals surface area contributed by atoms with Gasteiger partial charge in [-0.2, -0.15) is 0 Å². The highest BCUT2D eigenvalue weighted by Gasteiger charge is 2.44. The van der Waals surface area contributed by atoms with Crippen LogP contribution in [-0.4, -0.2) is 89.0 Å². The maximum Gasteiger partial charge on any atom is 0.306 e. The molecule has 0 saturated carbocycles. The number of hydrogen-bond donors (Lipinski definition) is 4. The van der Waals surface area contributed by atoms with Gasteiger partial charge in [-0.25, -0.2) is 0 Å². The first-order valence-electron chi connectivity index (χ1n) is 24.6. The Kier molecular flexibility index (Phi) is 38.2. The average Bonchev–Trinajstić information content (AvgIpc) is 3.25. The summed E-state index contributed by atoms with van der Waals surface area (Å²) in [5, 5.41) is 40.1. The molecule has 0 aromatic carbocycles. The topological polar surface area (TPSA) is 152 Å². The van der Waals surface area contributed by atoms with Gasteiger partial charge in [0.25, 0.3) is 0 Å². The zero-order valence-corrected chi connectivity index (χ0v) is 38.2. The van der Waals surface area contributed by atoms with E-state index in [1.54, 1.807) is 0 Å². The molecule has 0 spiro atoms. The minimum Gasteiger partial charge on any atom is -0.462 e. The Morgan fingerprint density at radius 3 is 1.43 bits per heavy atom. The molecule has 2 unspecified atom stereocenters. The van der Waals surface area contributed by atoms with Crippen LogP contribution in [-0.2, 0) is 28.5 Å². The SMILES string of the molecule is CCCCC/C=C/C/C=C/C/C=C/CCCCC(=O)O[C@@H](COC(=O)CCCCCCCCCCCCCCCCCCCCCC)CO[C@H]1O[C@@H](CO)[C@@H](O)C(O)C1O. The molecule has 0 aromatic rings. The molecule has 1 rings (SSSR count). The molecule has 1 heterocycles. The molecule has 0 aromatic heterocycles. The van der Waals surface area contributed by atoms with Crippen LogP contribution in [0.2, 0.25) is 0 Å². The van der Waals surface area contributed by atoms with Crippen LogP contribution in [0.4, 0.5) is 0 Å². The highest BCUT2D eigenvalue weighted by Crippen LogP contribution is 2.23. The minimum atomic E-state index is -1.60. The summed E-state index contributed by atoms with van der Waals surface area (Å²) in [6, 6.07) is 0. The molecule has 1 fully saturated rings. The molecule has 6 atom stereocenters. The summed E-state index contributed by atoms with van der Waals surface area (Å²) in [7, 11) is 0. The molecular formula is C50H90O10. The van der Waals surface area contributed by atoms with E-state index in [1.807, 2.05) is 0 Å². The van der Waals surface area contributed by atoms with Gasteiger partial charge in [0, 0.05) is 12.8 Å². The van der Waals surface area contributed by atoms with E-state index in [9.17, 15) is 30.0 Å². The van der Waals surface area contributed by atoms with Crippen LogP contribution in [0, 0.1) is 0 Å². The highest BCUT2D eigenvalue weighted by atomic mass is 16.7. The van der Waals surface area contributed by atoms with Crippen molar-refractivity contribution in [2.75, 3.05) is 19.8 Å². The van der Waals surface area contributed by atoms with Crippen LogP contribution in [0.3, 0.4) is 0 Å². The van der Waals surface area contributed by atoms with Gasteiger partial charge in [0.15, 0.2) is 12.4 Å². The molecule has 10 nitrogen and oxygen atoms in total. The van der Waals surface area contributed by atoms with Crippen LogP contribution in [0.25, 0.3) is 0 Å². The number of aliphatic hydroxyl groups is 4. The predicted octanol–water partition coefficient (Wildman–Crippen LogP) is 11.1. The summed E-state index contributed by atoms with van der Waals surface area (Å²) < 4.78 is 22.2. The number of carbonyl (C=O) groups excluding carboxylic acids is 2. The first kappa shape index (κ1) is 55.9. The van der Waals surface area contributed by atoms with Gasteiger partial charge in [0.05, 0.1) is 13.2 Å². The summed E-state index contributed by atoms with van der Waals surface area (Å²) in [5.41, 5.74) is 0. The van der Waals surface area contributed by atoms with Gasteiger partial charge in [-0.05, 0) is 51.4 Å². The molecule has 350 valence electrons.